The molecule has 4 nitrogen and oxygen atoms in total. The molecule has 1 aliphatic heterocycles. The maximum Gasteiger partial charge on any atom is 0.326 e. The number of fused-ring (bicyclic) bond motifs is 1. The summed E-state index contributed by atoms with van der Waals surface area (Å²) in [6.07, 6.45) is 3.61. The van der Waals surface area contributed by atoms with E-state index in [0.717, 1.165) is 31.2 Å². The van der Waals surface area contributed by atoms with E-state index in [-0.39, 0.29) is 17.7 Å². The molecule has 3 atom stereocenters. The van der Waals surface area contributed by atoms with Gasteiger partial charge in [-0.05, 0) is 42.7 Å². The Bertz CT molecular complexity index is 569. The van der Waals surface area contributed by atoms with Gasteiger partial charge in [0.2, 0.25) is 5.91 Å². The molecule has 1 fully saturated rings. The Labute approximate surface area is 124 Å². The molecule has 2 aliphatic rings. The molecular formula is C17H21NO3. The molecular weight excluding hydrogens is 266 g/mol. The number of amides is 1. The van der Waals surface area contributed by atoms with Crippen LogP contribution in [0.15, 0.2) is 24.3 Å². The lowest BCUT2D eigenvalue weighted by Gasteiger charge is -2.31. The lowest BCUT2D eigenvalue weighted by Crippen LogP contribution is -2.45. The van der Waals surface area contributed by atoms with Crippen LogP contribution in [0.3, 0.4) is 0 Å². The molecule has 1 N–H and O–H groups in total. The summed E-state index contributed by atoms with van der Waals surface area (Å²) in [5.41, 5.74) is 2.33. The second-order valence-electron chi connectivity index (χ2n) is 6.22. The summed E-state index contributed by atoms with van der Waals surface area (Å²) in [6.45, 7) is 2.48. The van der Waals surface area contributed by atoms with Crippen molar-refractivity contribution >= 4 is 11.9 Å². The Kier molecular flexibility index (Phi) is 3.70. The molecule has 0 aromatic heterocycles. The molecule has 4 heteroatoms. The standard InChI is InChI=1S/C17H21NO3/c1-11-9-10-18(15(11)17(20)21)16(19)14-8-4-6-12-5-2-3-7-13(12)14/h2-3,5,7,11,14-15H,4,6,8-10H2,1H3,(H,20,21). The lowest BCUT2D eigenvalue weighted by atomic mass is 9.82. The third-order valence-corrected chi connectivity index (χ3v) is 4.90. The molecule has 1 aromatic carbocycles. The summed E-state index contributed by atoms with van der Waals surface area (Å²) in [7, 11) is 0. The Morgan fingerprint density at radius 2 is 2.00 bits per heavy atom. The van der Waals surface area contributed by atoms with Gasteiger partial charge >= 0.3 is 5.97 Å². The van der Waals surface area contributed by atoms with Crippen molar-refractivity contribution in [2.24, 2.45) is 5.92 Å². The molecule has 1 aromatic rings. The van der Waals surface area contributed by atoms with E-state index in [0.29, 0.717) is 6.54 Å². The quantitative estimate of drug-likeness (QED) is 0.909. The number of aliphatic carboxylic acids is 1. The van der Waals surface area contributed by atoms with Crippen molar-refractivity contribution in [1.29, 1.82) is 0 Å². The molecule has 1 amide bonds. The molecule has 3 rings (SSSR count). The van der Waals surface area contributed by atoms with Crippen LogP contribution in [0.2, 0.25) is 0 Å². The molecule has 21 heavy (non-hydrogen) atoms. The maximum atomic E-state index is 12.9. The highest BCUT2D eigenvalue weighted by Crippen LogP contribution is 2.35. The van der Waals surface area contributed by atoms with Crippen LogP contribution in [-0.2, 0) is 16.0 Å². The smallest absolute Gasteiger partial charge is 0.326 e. The molecule has 1 saturated heterocycles. The van der Waals surface area contributed by atoms with Crippen LogP contribution in [0.4, 0.5) is 0 Å². The fourth-order valence-electron chi connectivity index (χ4n) is 3.78. The molecule has 1 aliphatic carbocycles. The molecule has 0 saturated carbocycles. The average Bonchev–Trinajstić information content (AvgIpc) is 2.88. The summed E-state index contributed by atoms with van der Waals surface area (Å²) in [4.78, 5) is 25.9. The average molecular weight is 287 g/mol. The van der Waals surface area contributed by atoms with Gasteiger partial charge < -0.3 is 10.0 Å². The van der Waals surface area contributed by atoms with Gasteiger partial charge in [0.25, 0.3) is 0 Å². The fourth-order valence-corrected chi connectivity index (χ4v) is 3.78. The van der Waals surface area contributed by atoms with Gasteiger partial charge in [0, 0.05) is 6.54 Å². The van der Waals surface area contributed by atoms with Crippen molar-refractivity contribution in [3.05, 3.63) is 35.4 Å². The predicted octanol–water partition coefficient (Wildman–Crippen LogP) is 2.43. The number of hydrogen-bond donors (Lipinski definition) is 1. The van der Waals surface area contributed by atoms with Crippen molar-refractivity contribution in [2.75, 3.05) is 6.54 Å². The second kappa shape index (κ2) is 5.51. The third kappa shape index (κ3) is 2.43. The van der Waals surface area contributed by atoms with Crippen molar-refractivity contribution in [3.8, 4) is 0 Å². The zero-order chi connectivity index (χ0) is 15.0. The first-order chi connectivity index (χ1) is 10.1. The first-order valence-electron chi connectivity index (χ1n) is 7.70. The van der Waals surface area contributed by atoms with Crippen molar-refractivity contribution in [2.45, 2.75) is 44.6 Å². The zero-order valence-electron chi connectivity index (χ0n) is 12.3. The molecule has 0 radical (unpaired) electrons. The number of nitrogens with zero attached hydrogens (tertiary/aromatic N) is 1. The minimum atomic E-state index is -0.877. The summed E-state index contributed by atoms with van der Waals surface area (Å²) < 4.78 is 0. The largest absolute Gasteiger partial charge is 0.480 e. The van der Waals surface area contributed by atoms with Gasteiger partial charge in [-0.2, -0.15) is 0 Å². The Balaban J connectivity index is 1.88. The van der Waals surface area contributed by atoms with E-state index < -0.39 is 12.0 Å². The normalized spacial score (nSPS) is 28.2. The van der Waals surface area contributed by atoms with E-state index in [1.54, 1.807) is 4.90 Å². The minimum absolute atomic E-state index is 0.00102. The number of rotatable bonds is 2. The highest BCUT2D eigenvalue weighted by atomic mass is 16.4. The van der Waals surface area contributed by atoms with Crippen molar-refractivity contribution in [3.63, 3.8) is 0 Å². The minimum Gasteiger partial charge on any atom is -0.480 e. The van der Waals surface area contributed by atoms with Gasteiger partial charge in [-0.15, -0.1) is 0 Å². The summed E-state index contributed by atoms with van der Waals surface area (Å²) in [6, 6.07) is 7.41. The number of aryl methyl sites for hydroxylation is 1. The van der Waals surface area contributed by atoms with Crippen LogP contribution in [0.5, 0.6) is 0 Å². The SMILES string of the molecule is CC1CCN(C(=O)C2CCCc3ccccc32)C1C(=O)O. The number of likely N-dealkylation sites (tertiary alicyclic amines) is 1. The Morgan fingerprint density at radius 1 is 1.24 bits per heavy atom. The first kappa shape index (κ1) is 14.1. The Morgan fingerprint density at radius 3 is 2.76 bits per heavy atom. The van der Waals surface area contributed by atoms with E-state index in [1.165, 1.54) is 5.56 Å². The molecule has 0 bridgehead atoms. The number of carboxylic acid groups (broad SMARTS) is 1. The second-order valence-corrected chi connectivity index (χ2v) is 6.22. The van der Waals surface area contributed by atoms with Crippen LogP contribution in [0.25, 0.3) is 0 Å². The zero-order valence-corrected chi connectivity index (χ0v) is 12.3. The topological polar surface area (TPSA) is 57.6 Å². The number of carbonyl (C=O) groups excluding carboxylic acids is 1. The fraction of sp³-hybridized carbons (Fsp3) is 0.529. The summed E-state index contributed by atoms with van der Waals surface area (Å²) in [5, 5.41) is 9.40. The number of hydrogen-bond acceptors (Lipinski definition) is 2. The summed E-state index contributed by atoms with van der Waals surface area (Å²) in [5.74, 6) is -1.01. The van der Waals surface area contributed by atoms with Crippen LogP contribution in [-0.4, -0.2) is 34.5 Å². The molecule has 112 valence electrons. The van der Waals surface area contributed by atoms with E-state index in [1.807, 2.05) is 25.1 Å². The van der Waals surface area contributed by atoms with Gasteiger partial charge in [0.1, 0.15) is 6.04 Å². The molecule has 3 unspecified atom stereocenters. The number of benzene rings is 1. The van der Waals surface area contributed by atoms with Crippen LogP contribution < -0.4 is 0 Å². The lowest BCUT2D eigenvalue weighted by molar-refractivity contribution is -0.150. The van der Waals surface area contributed by atoms with Gasteiger partial charge in [-0.25, -0.2) is 4.79 Å². The number of carbonyl (C=O) groups is 2. The van der Waals surface area contributed by atoms with Crippen LogP contribution in [0.1, 0.15) is 43.2 Å². The van der Waals surface area contributed by atoms with Gasteiger partial charge in [-0.1, -0.05) is 31.2 Å². The monoisotopic (exact) mass is 287 g/mol. The number of carboxylic acids is 1. The van der Waals surface area contributed by atoms with Gasteiger partial charge in [0.05, 0.1) is 5.92 Å². The van der Waals surface area contributed by atoms with E-state index in [9.17, 15) is 14.7 Å². The predicted molar refractivity (Wildman–Crippen MR) is 79.0 cm³/mol. The Hall–Kier alpha value is -1.84. The van der Waals surface area contributed by atoms with Crippen LogP contribution in [0, 0.1) is 5.92 Å². The highest BCUT2D eigenvalue weighted by Gasteiger charge is 2.42. The van der Waals surface area contributed by atoms with Gasteiger partial charge in [0.15, 0.2) is 0 Å². The molecule has 0 spiro atoms. The first-order valence-corrected chi connectivity index (χ1v) is 7.70. The van der Waals surface area contributed by atoms with E-state index >= 15 is 0 Å². The molecule has 1 heterocycles. The van der Waals surface area contributed by atoms with E-state index in [4.69, 9.17) is 0 Å². The maximum absolute atomic E-state index is 12.9. The third-order valence-electron chi connectivity index (χ3n) is 4.90. The van der Waals surface area contributed by atoms with E-state index in [2.05, 4.69) is 6.07 Å². The van der Waals surface area contributed by atoms with Crippen molar-refractivity contribution in [1.82, 2.24) is 4.90 Å². The van der Waals surface area contributed by atoms with Crippen molar-refractivity contribution < 1.29 is 14.7 Å². The summed E-state index contributed by atoms with van der Waals surface area (Å²) >= 11 is 0. The van der Waals surface area contributed by atoms with Crippen LogP contribution >= 0.6 is 0 Å². The highest BCUT2D eigenvalue weighted by molar-refractivity contribution is 5.89. The van der Waals surface area contributed by atoms with Gasteiger partial charge in [-0.3, -0.25) is 4.79 Å².